The van der Waals surface area contributed by atoms with Gasteiger partial charge in [-0.05, 0) is 6.92 Å². The van der Waals surface area contributed by atoms with Gasteiger partial charge in [-0.3, -0.25) is 9.59 Å². The molecule has 0 rings (SSSR count). The maximum absolute atomic E-state index is 11.3. The Morgan fingerprint density at radius 2 is 2.00 bits per heavy atom. The molecular weight excluding hydrogens is 202 g/mol. The SMILES string of the molecule is CC(C(=O)O)N(C)C(=O)CNC(=O)CN. The van der Waals surface area contributed by atoms with E-state index < -0.39 is 23.8 Å². The molecular formula is C8H15N3O4. The fraction of sp³-hybridized carbons (Fsp3) is 0.625. The van der Waals surface area contributed by atoms with E-state index in [0.29, 0.717) is 0 Å². The molecule has 0 saturated heterocycles. The van der Waals surface area contributed by atoms with Crippen molar-refractivity contribution in [3.8, 4) is 0 Å². The van der Waals surface area contributed by atoms with E-state index in [0.717, 1.165) is 4.90 Å². The summed E-state index contributed by atoms with van der Waals surface area (Å²) in [5.74, 6) is -2.04. The molecule has 0 heterocycles. The highest BCUT2D eigenvalue weighted by molar-refractivity contribution is 5.88. The Kier molecular flexibility index (Phi) is 5.32. The van der Waals surface area contributed by atoms with Gasteiger partial charge in [0.2, 0.25) is 11.8 Å². The summed E-state index contributed by atoms with van der Waals surface area (Å²) < 4.78 is 0. The van der Waals surface area contributed by atoms with Crippen LogP contribution in [0, 0.1) is 0 Å². The summed E-state index contributed by atoms with van der Waals surface area (Å²) in [5.41, 5.74) is 5.01. The summed E-state index contributed by atoms with van der Waals surface area (Å²) in [6.45, 7) is 0.931. The zero-order valence-electron chi connectivity index (χ0n) is 8.69. The quantitative estimate of drug-likeness (QED) is 0.492. The monoisotopic (exact) mass is 217 g/mol. The van der Waals surface area contributed by atoms with Crippen molar-refractivity contribution in [3.63, 3.8) is 0 Å². The first-order valence-electron chi connectivity index (χ1n) is 4.35. The number of carbonyl (C=O) groups is 3. The van der Waals surface area contributed by atoms with Gasteiger partial charge in [0.1, 0.15) is 6.04 Å². The van der Waals surface area contributed by atoms with Gasteiger partial charge in [0, 0.05) is 7.05 Å². The second kappa shape index (κ2) is 5.97. The summed E-state index contributed by atoms with van der Waals surface area (Å²) in [6, 6.07) is -0.924. The lowest BCUT2D eigenvalue weighted by Gasteiger charge is -2.21. The Morgan fingerprint density at radius 3 is 2.40 bits per heavy atom. The van der Waals surface area contributed by atoms with Crippen molar-refractivity contribution < 1.29 is 19.5 Å². The summed E-state index contributed by atoms with van der Waals surface area (Å²) >= 11 is 0. The Balaban J connectivity index is 4.10. The smallest absolute Gasteiger partial charge is 0.326 e. The molecule has 1 atom stereocenters. The molecule has 15 heavy (non-hydrogen) atoms. The van der Waals surface area contributed by atoms with Crippen LogP contribution in [0.4, 0.5) is 0 Å². The van der Waals surface area contributed by atoms with Crippen LogP contribution in [0.1, 0.15) is 6.92 Å². The highest BCUT2D eigenvalue weighted by Crippen LogP contribution is 1.95. The minimum atomic E-state index is -1.10. The van der Waals surface area contributed by atoms with Crippen molar-refractivity contribution >= 4 is 17.8 Å². The van der Waals surface area contributed by atoms with Gasteiger partial charge in [0.25, 0.3) is 0 Å². The summed E-state index contributed by atoms with van der Waals surface area (Å²) in [4.78, 5) is 33.6. The molecule has 0 aliphatic heterocycles. The van der Waals surface area contributed by atoms with Crippen molar-refractivity contribution in [3.05, 3.63) is 0 Å². The highest BCUT2D eigenvalue weighted by Gasteiger charge is 2.21. The van der Waals surface area contributed by atoms with E-state index in [1.807, 2.05) is 0 Å². The van der Waals surface area contributed by atoms with Crippen molar-refractivity contribution in [1.82, 2.24) is 10.2 Å². The van der Waals surface area contributed by atoms with Gasteiger partial charge in [-0.2, -0.15) is 0 Å². The van der Waals surface area contributed by atoms with Gasteiger partial charge in [0.15, 0.2) is 0 Å². The Hall–Kier alpha value is -1.63. The maximum Gasteiger partial charge on any atom is 0.326 e. The van der Waals surface area contributed by atoms with Crippen LogP contribution in [-0.2, 0) is 14.4 Å². The van der Waals surface area contributed by atoms with Crippen molar-refractivity contribution in [2.45, 2.75) is 13.0 Å². The molecule has 0 spiro atoms. The third-order valence-electron chi connectivity index (χ3n) is 1.95. The average Bonchev–Trinajstić information content (AvgIpc) is 2.22. The summed E-state index contributed by atoms with van der Waals surface area (Å²) in [6.07, 6.45) is 0. The lowest BCUT2D eigenvalue weighted by atomic mass is 10.3. The molecule has 7 heteroatoms. The third kappa shape index (κ3) is 4.41. The second-order valence-electron chi connectivity index (χ2n) is 3.00. The molecule has 2 amide bonds. The standard InChI is InChI=1S/C8H15N3O4/c1-5(8(14)15)11(2)7(13)4-10-6(12)3-9/h5H,3-4,9H2,1-2H3,(H,10,12)(H,14,15). The lowest BCUT2D eigenvalue weighted by molar-refractivity contribution is -0.148. The minimum Gasteiger partial charge on any atom is -0.480 e. The van der Waals surface area contributed by atoms with Crippen molar-refractivity contribution in [2.24, 2.45) is 5.73 Å². The molecule has 0 aliphatic rings. The molecule has 0 aliphatic carbocycles. The number of carboxylic acids is 1. The Labute approximate surface area is 87.2 Å². The number of hydrogen-bond acceptors (Lipinski definition) is 4. The van der Waals surface area contributed by atoms with Gasteiger partial charge in [0.05, 0.1) is 13.1 Å². The maximum atomic E-state index is 11.3. The number of nitrogens with one attached hydrogen (secondary N) is 1. The molecule has 0 aromatic heterocycles. The van der Waals surface area contributed by atoms with Gasteiger partial charge < -0.3 is 21.1 Å². The van der Waals surface area contributed by atoms with Crippen LogP contribution in [0.15, 0.2) is 0 Å². The van der Waals surface area contributed by atoms with E-state index in [2.05, 4.69) is 5.32 Å². The van der Waals surface area contributed by atoms with Crippen molar-refractivity contribution in [2.75, 3.05) is 20.1 Å². The number of nitrogens with two attached hydrogens (primary N) is 1. The first kappa shape index (κ1) is 13.4. The second-order valence-corrected chi connectivity index (χ2v) is 3.00. The number of rotatable bonds is 5. The normalized spacial score (nSPS) is 11.7. The predicted molar refractivity (Wildman–Crippen MR) is 51.9 cm³/mol. The molecule has 4 N–H and O–H groups in total. The number of nitrogens with zero attached hydrogens (tertiary/aromatic N) is 1. The van der Waals surface area contributed by atoms with E-state index in [1.54, 1.807) is 0 Å². The topological polar surface area (TPSA) is 113 Å². The molecule has 0 bridgehead atoms. The van der Waals surface area contributed by atoms with Crippen LogP contribution in [0.5, 0.6) is 0 Å². The molecule has 0 aromatic rings. The Morgan fingerprint density at radius 1 is 1.47 bits per heavy atom. The zero-order chi connectivity index (χ0) is 12.0. The first-order valence-corrected chi connectivity index (χ1v) is 4.35. The van der Waals surface area contributed by atoms with Crippen LogP contribution in [0.25, 0.3) is 0 Å². The minimum absolute atomic E-state index is 0.203. The number of amides is 2. The van der Waals surface area contributed by atoms with Crippen LogP contribution in [0.2, 0.25) is 0 Å². The average molecular weight is 217 g/mol. The molecule has 0 fully saturated rings. The number of aliphatic carboxylic acids is 1. The fourth-order valence-electron chi connectivity index (χ4n) is 0.753. The summed E-state index contributed by atoms with van der Waals surface area (Å²) in [5, 5.41) is 10.9. The number of likely N-dealkylation sites (N-methyl/N-ethyl adjacent to an activating group) is 1. The van der Waals surface area contributed by atoms with Gasteiger partial charge in [-0.25, -0.2) is 4.79 Å². The van der Waals surface area contributed by atoms with Crippen LogP contribution < -0.4 is 11.1 Å². The first-order chi connectivity index (χ1) is 6.90. The Bertz CT molecular complexity index is 267. The zero-order valence-corrected chi connectivity index (χ0v) is 8.69. The van der Waals surface area contributed by atoms with E-state index in [4.69, 9.17) is 10.8 Å². The molecule has 0 aromatic carbocycles. The molecule has 7 nitrogen and oxygen atoms in total. The van der Waals surface area contributed by atoms with Gasteiger partial charge in [-0.1, -0.05) is 0 Å². The molecule has 0 radical (unpaired) electrons. The largest absolute Gasteiger partial charge is 0.480 e. The van der Waals surface area contributed by atoms with Crippen molar-refractivity contribution in [1.29, 1.82) is 0 Å². The third-order valence-corrected chi connectivity index (χ3v) is 1.95. The van der Waals surface area contributed by atoms with E-state index >= 15 is 0 Å². The van der Waals surface area contributed by atoms with Crippen LogP contribution in [0.3, 0.4) is 0 Å². The number of carbonyl (C=O) groups excluding carboxylic acids is 2. The van der Waals surface area contributed by atoms with Crippen LogP contribution >= 0.6 is 0 Å². The molecule has 86 valence electrons. The number of hydrogen-bond donors (Lipinski definition) is 3. The van der Waals surface area contributed by atoms with E-state index in [9.17, 15) is 14.4 Å². The van der Waals surface area contributed by atoms with Gasteiger partial charge >= 0.3 is 5.97 Å². The summed E-state index contributed by atoms with van der Waals surface area (Å²) in [7, 11) is 1.36. The predicted octanol–water partition coefficient (Wildman–Crippen LogP) is -2.01. The van der Waals surface area contributed by atoms with Crippen LogP contribution in [-0.4, -0.2) is 54.0 Å². The fourth-order valence-corrected chi connectivity index (χ4v) is 0.753. The highest BCUT2D eigenvalue weighted by atomic mass is 16.4. The lowest BCUT2D eigenvalue weighted by Crippen LogP contribution is -2.46. The molecule has 1 unspecified atom stereocenters. The molecule has 0 saturated carbocycles. The van der Waals surface area contributed by atoms with E-state index in [-0.39, 0.29) is 13.1 Å². The number of carboxylic acid groups (broad SMARTS) is 1. The van der Waals surface area contributed by atoms with E-state index in [1.165, 1.54) is 14.0 Å². The van der Waals surface area contributed by atoms with Gasteiger partial charge in [-0.15, -0.1) is 0 Å².